The predicted octanol–water partition coefficient (Wildman–Crippen LogP) is 2.82. The maximum atomic E-state index is 12.3. The molecule has 1 N–H and O–H groups in total. The number of hydrogen-bond acceptors (Lipinski definition) is 5. The molecule has 0 aliphatic carbocycles. The topological polar surface area (TPSA) is 75.2 Å². The molecule has 1 aliphatic heterocycles. The van der Waals surface area contributed by atoms with Crippen molar-refractivity contribution in [2.75, 3.05) is 17.3 Å². The number of benzene rings is 1. The highest BCUT2D eigenvalue weighted by molar-refractivity contribution is 7.13. The van der Waals surface area contributed by atoms with Crippen molar-refractivity contribution >= 4 is 34.5 Å². The molecule has 0 fully saturated rings. The zero-order valence-corrected chi connectivity index (χ0v) is 14.1. The fourth-order valence-corrected chi connectivity index (χ4v) is 3.22. The smallest absolute Gasteiger partial charge is 0.286 e. The van der Waals surface area contributed by atoms with E-state index in [1.165, 1.54) is 11.3 Å². The number of aromatic nitrogens is 2. The van der Waals surface area contributed by atoms with E-state index in [1.807, 2.05) is 26.0 Å². The normalized spacial score (nSPS) is 14.1. The van der Waals surface area contributed by atoms with Gasteiger partial charge in [0.25, 0.3) is 5.91 Å². The van der Waals surface area contributed by atoms with Gasteiger partial charge in [0.05, 0.1) is 0 Å². The number of hydrogen-bond donors (Lipinski definition) is 1. The minimum absolute atomic E-state index is 0.115. The third-order valence-electron chi connectivity index (χ3n) is 3.81. The second kappa shape index (κ2) is 6.08. The number of nitrogens with zero attached hydrogens (tertiary/aromatic N) is 3. The molecule has 0 radical (unpaired) electrons. The first kappa shape index (κ1) is 15.6. The Hall–Kier alpha value is -2.28. The van der Waals surface area contributed by atoms with E-state index in [2.05, 4.69) is 15.5 Å². The molecule has 7 heteroatoms. The van der Waals surface area contributed by atoms with Gasteiger partial charge in [-0.05, 0) is 30.2 Å². The van der Waals surface area contributed by atoms with Gasteiger partial charge >= 0.3 is 0 Å². The van der Waals surface area contributed by atoms with Crippen LogP contribution in [0.5, 0.6) is 0 Å². The number of rotatable bonds is 3. The maximum Gasteiger partial charge on any atom is 0.286 e. The van der Waals surface area contributed by atoms with Crippen LogP contribution in [-0.2, 0) is 11.2 Å². The lowest BCUT2D eigenvalue weighted by Gasteiger charge is -2.26. The van der Waals surface area contributed by atoms with E-state index in [-0.39, 0.29) is 17.7 Å². The number of anilines is 2. The molecule has 2 amide bonds. The summed E-state index contributed by atoms with van der Waals surface area (Å²) in [5, 5.41) is 12.0. The fraction of sp³-hybridized carbons (Fsp3) is 0.375. The van der Waals surface area contributed by atoms with Gasteiger partial charge in [-0.1, -0.05) is 25.2 Å². The molecule has 1 aromatic carbocycles. The molecular weight excluding hydrogens is 312 g/mol. The summed E-state index contributed by atoms with van der Waals surface area (Å²) >= 11 is 1.31. The first-order chi connectivity index (χ1) is 11.0. The maximum absolute atomic E-state index is 12.3. The number of carbonyl (C=O) groups is 2. The Morgan fingerprint density at radius 3 is 2.78 bits per heavy atom. The number of fused-ring (bicyclic) bond motifs is 1. The van der Waals surface area contributed by atoms with Crippen molar-refractivity contribution in [3.63, 3.8) is 0 Å². The van der Waals surface area contributed by atoms with Crippen molar-refractivity contribution < 1.29 is 9.59 Å². The molecule has 0 atom stereocenters. The largest absolute Gasteiger partial charge is 0.320 e. The van der Waals surface area contributed by atoms with Crippen molar-refractivity contribution in [1.29, 1.82) is 0 Å². The molecule has 1 aromatic heterocycles. The molecular formula is C16H18N4O2S. The average molecular weight is 330 g/mol. The minimum atomic E-state index is -0.255. The van der Waals surface area contributed by atoms with Crippen LogP contribution >= 0.6 is 11.3 Å². The molecule has 0 saturated carbocycles. The molecule has 0 bridgehead atoms. The van der Waals surface area contributed by atoms with E-state index in [0.29, 0.717) is 23.5 Å². The van der Waals surface area contributed by atoms with Gasteiger partial charge in [-0.3, -0.25) is 9.59 Å². The van der Waals surface area contributed by atoms with Gasteiger partial charge < -0.3 is 10.2 Å². The standard InChI is InChI=1S/C16H18N4O2S/c1-9(2)15-18-19-16(23-15)14(22)17-11-5-6-12-10(8-11)4-7-13(21)20(12)3/h5-6,8-9H,4,7H2,1-3H3,(H,17,22). The summed E-state index contributed by atoms with van der Waals surface area (Å²) in [6.07, 6.45) is 1.19. The van der Waals surface area contributed by atoms with E-state index in [9.17, 15) is 9.59 Å². The van der Waals surface area contributed by atoms with Crippen LogP contribution in [0.25, 0.3) is 0 Å². The van der Waals surface area contributed by atoms with Crippen LogP contribution < -0.4 is 10.2 Å². The van der Waals surface area contributed by atoms with E-state index >= 15 is 0 Å². The van der Waals surface area contributed by atoms with Gasteiger partial charge in [-0.25, -0.2) is 0 Å². The second-order valence-electron chi connectivity index (χ2n) is 5.85. The van der Waals surface area contributed by atoms with Gasteiger partial charge in [0.15, 0.2) is 0 Å². The zero-order valence-electron chi connectivity index (χ0n) is 13.3. The van der Waals surface area contributed by atoms with Crippen LogP contribution in [0.1, 0.15) is 46.6 Å². The number of nitrogens with one attached hydrogen (secondary N) is 1. The average Bonchev–Trinajstić information content (AvgIpc) is 3.01. The minimum Gasteiger partial charge on any atom is -0.320 e. The van der Waals surface area contributed by atoms with Crippen LogP contribution in [0.4, 0.5) is 11.4 Å². The molecule has 23 heavy (non-hydrogen) atoms. The highest BCUT2D eigenvalue weighted by atomic mass is 32.1. The Morgan fingerprint density at radius 1 is 1.30 bits per heavy atom. The van der Waals surface area contributed by atoms with E-state index in [1.54, 1.807) is 18.0 Å². The third kappa shape index (κ3) is 3.10. The van der Waals surface area contributed by atoms with Crippen molar-refractivity contribution in [2.45, 2.75) is 32.6 Å². The van der Waals surface area contributed by atoms with Crippen molar-refractivity contribution in [2.24, 2.45) is 0 Å². The van der Waals surface area contributed by atoms with Gasteiger partial charge in [-0.15, -0.1) is 10.2 Å². The van der Waals surface area contributed by atoms with Crippen molar-refractivity contribution in [1.82, 2.24) is 10.2 Å². The molecule has 6 nitrogen and oxygen atoms in total. The summed E-state index contributed by atoms with van der Waals surface area (Å²) in [4.78, 5) is 25.6. The van der Waals surface area contributed by atoms with Gasteiger partial charge in [0.2, 0.25) is 10.9 Å². The Balaban J connectivity index is 1.78. The van der Waals surface area contributed by atoms with Gasteiger partial charge in [0, 0.05) is 30.8 Å². The quantitative estimate of drug-likeness (QED) is 0.939. The molecule has 0 saturated heterocycles. The fourth-order valence-electron chi connectivity index (χ4n) is 2.48. The zero-order chi connectivity index (χ0) is 16.6. The van der Waals surface area contributed by atoms with Crippen LogP contribution in [0.2, 0.25) is 0 Å². The first-order valence-corrected chi connectivity index (χ1v) is 8.31. The highest BCUT2D eigenvalue weighted by Crippen LogP contribution is 2.29. The number of carbonyl (C=O) groups excluding carboxylic acids is 2. The molecule has 0 spiro atoms. The third-order valence-corrected chi connectivity index (χ3v) is 5.03. The lowest BCUT2D eigenvalue weighted by atomic mass is 10.0. The lowest BCUT2D eigenvalue weighted by molar-refractivity contribution is -0.118. The summed E-state index contributed by atoms with van der Waals surface area (Å²) in [6.45, 7) is 4.03. The van der Waals surface area contributed by atoms with Crippen LogP contribution in [0, 0.1) is 0 Å². The van der Waals surface area contributed by atoms with Crippen molar-refractivity contribution in [3.05, 3.63) is 33.8 Å². The Kier molecular flexibility index (Phi) is 4.12. The molecule has 2 heterocycles. The van der Waals surface area contributed by atoms with E-state index in [0.717, 1.165) is 16.3 Å². The monoisotopic (exact) mass is 330 g/mol. The predicted molar refractivity (Wildman–Crippen MR) is 90.1 cm³/mol. The summed E-state index contributed by atoms with van der Waals surface area (Å²) < 4.78 is 0. The van der Waals surface area contributed by atoms with Crippen LogP contribution in [0.15, 0.2) is 18.2 Å². The molecule has 1 aliphatic rings. The van der Waals surface area contributed by atoms with Crippen LogP contribution in [0.3, 0.4) is 0 Å². The second-order valence-corrected chi connectivity index (χ2v) is 6.86. The van der Waals surface area contributed by atoms with Gasteiger partial charge in [0.1, 0.15) is 5.01 Å². The van der Waals surface area contributed by atoms with Gasteiger partial charge in [-0.2, -0.15) is 0 Å². The Labute approximate surface area is 138 Å². The van der Waals surface area contributed by atoms with Crippen LogP contribution in [-0.4, -0.2) is 29.1 Å². The van der Waals surface area contributed by atoms with Crippen molar-refractivity contribution in [3.8, 4) is 0 Å². The number of amides is 2. The molecule has 2 aromatic rings. The summed E-state index contributed by atoms with van der Waals surface area (Å²) in [7, 11) is 1.77. The van der Waals surface area contributed by atoms with E-state index < -0.39 is 0 Å². The Bertz CT molecular complexity index is 769. The molecule has 120 valence electrons. The first-order valence-electron chi connectivity index (χ1n) is 7.50. The Morgan fingerprint density at radius 2 is 2.09 bits per heavy atom. The molecule has 0 unspecified atom stereocenters. The summed E-state index contributed by atoms with van der Waals surface area (Å²) in [5.74, 6) is 0.116. The highest BCUT2D eigenvalue weighted by Gasteiger charge is 2.21. The lowest BCUT2D eigenvalue weighted by Crippen LogP contribution is -2.31. The SMILES string of the molecule is CC(C)c1nnc(C(=O)Nc2ccc3c(c2)CCC(=O)N3C)s1. The number of aryl methyl sites for hydroxylation is 1. The molecule has 3 rings (SSSR count). The van der Waals surface area contributed by atoms with E-state index in [4.69, 9.17) is 0 Å². The summed E-state index contributed by atoms with van der Waals surface area (Å²) in [6, 6.07) is 5.58. The summed E-state index contributed by atoms with van der Waals surface area (Å²) in [5.41, 5.74) is 2.67.